The van der Waals surface area contributed by atoms with Gasteiger partial charge in [0.15, 0.2) is 0 Å². The Morgan fingerprint density at radius 1 is 1.23 bits per heavy atom. The smallest absolute Gasteiger partial charge is 0.128 e. The summed E-state index contributed by atoms with van der Waals surface area (Å²) in [7, 11) is 0. The van der Waals surface area contributed by atoms with Crippen LogP contribution in [0.4, 0.5) is 15.9 Å². The van der Waals surface area contributed by atoms with Crippen molar-refractivity contribution in [1.29, 1.82) is 0 Å². The number of hydrogen-bond acceptors (Lipinski definition) is 4. The van der Waals surface area contributed by atoms with Gasteiger partial charge < -0.3 is 15.0 Å². The van der Waals surface area contributed by atoms with Crippen molar-refractivity contribution >= 4 is 11.5 Å². The fourth-order valence-corrected chi connectivity index (χ4v) is 2.53. The lowest BCUT2D eigenvalue weighted by atomic mass is 10.1. The Kier molecular flexibility index (Phi) is 4.53. The Morgan fingerprint density at radius 2 is 2.05 bits per heavy atom. The zero-order chi connectivity index (χ0) is 15.4. The van der Waals surface area contributed by atoms with Crippen molar-refractivity contribution in [2.24, 2.45) is 0 Å². The van der Waals surface area contributed by atoms with Gasteiger partial charge in [0.05, 0.1) is 25.1 Å². The number of halogens is 1. The number of ether oxygens (including phenoxy) is 1. The highest BCUT2D eigenvalue weighted by Crippen LogP contribution is 2.17. The first-order chi connectivity index (χ1) is 10.7. The highest BCUT2D eigenvalue weighted by atomic mass is 19.1. The fourth-order valence-electron chi connectivity index (χ4n) is 2.53. The van der Waals surface area contributed by atoms with E-state index in [9.17, 15) is 4.39 Å². The van der Waals surface area contributed by atoms with Crippen molar-refractivity contribution in [3.05, 3.63) is 53.5 Å². The van der Waals surface area contributed by atoms with Gasteiger partial charge in [-0.05, 0) is 42.3 Å². The zero-order valence-electron chi connectivity index (χ0n) is 12.7. The minimum atomic E-state index is -0.196. The van der Waals surface area contributed by atoms with Gasteiger partial charge in [0.25, 0.3) is 0 Å². The summed E-state index contributed by atoms with van der Waals surface area (Å²) in [5, 5.41) is 3.32. The Morgan fingerprint density at radius 3 is 2.73 bits per heavy atom. The van der Waals surface area contributed by atoms with Gasteiger partial charge in [-0.3, -0.25) is 0 Å². The molecule has 116 valence electrons. The molecule has 1 N–H and O–H groups in total. The first-order valence-electron chi connectivity index (χ1n) is 7.50. The van der Waals surface area contributed by atoms with Crippen molar-refractivity contribution in [2.75, 3.05) is 36.5 Å². The van der Waals surface area contributed by atoms with Gasteiger partial charge in [-0.15, -0.1) is 0 Å². The van der Waals surface area contributed by atoms with E-state index in [1.165, 1.54) is 6.07 Å². The second kappa shape index (κ2) is 6.75. The molecule has 1 aromatic heterocycles. The Bertz CT molecular complexity index is 624. The summed E-state index contributed by atoms with van der Waals surface area (Å²) in [6.45, 7) is 5.85. The number of pyridine rings is 1. The van der Waals surface area contributed by atoms with Crippen molar-refractivity contribution in [3.8, 4) is 0 Å². The van der Waals surface area contributed by atoms with Gasteiger partial charge in [-0.2, -0.15) is 0 Å². The summed E-state index contributed by atoms with van der Waals surface area (Å²) in [4.78, 5) is 6.72. The normalized spacial score (nSPS) is 14.9. The van der Waals surface area contributed by atoms with Crippen molar-refractivity contribution in [3.63, 3.8) is 0 Å². The molecule has 0 spiro atoms. The van der Waals surface area contributed by atoms with E-state index < -0.39 is 0 Å². The summed E-state index contributed by atoms with van der Waals surface area (Å²) >= 11 is 0. The van der Waals surface area contributed by atoms with Crippen LogP contribution in [-0.4, -0.2) is 31.3 Å². The number of nitrogens with zero attached hydrogens (tertiary/aromatic N) is 2. The number of rotatable bonds is 4. The zero-order valence-corrected chi connectivity index (χ0v) is 12.7. The van der Waals surface area contributed by atoms with Crippen LogP contribution in [0.3, 0.4) is 0 Å². The summed E-state index contributed by atoms with van der Waals surface area (Å²) < 4.78 is 18.4. The van der Waals surface area contributed by atoms with Gasteiger partial charge >= 0.3 is 0 Å². The minimum absolute atomic E-state index is 0.196. The number of benzene rings is 1. The molecule has 0 saturated carbocycles. The van der Waals surface area contributed by atoms with Crippen LogP contribution in [0.5, 0.6) is 0 Å². The molecule has 0 bridgehead atoms. The standard InChI is InChI=1S/C17H20FN3O/c1-13-10-15(18)3-2-14(13)11-19-16-4-5-17(20-12-16)21-6-8-22-9-7-21/h2-5,10,12,19H,6-9,11H2,1H3. The van der Waals surface area contributed by atoms with Crippen LogP contribution < -0.4 is 10.2 Å². The Labute approximate surface area is 129 Å². The van der Waals surface area contributed by atoms with Crippen molar-refractivity contribution < 1.29 is 9.13 Å². The Balaban J connectivity index is 1.61. The third kappa shape index (κ3) is 3.54. The van der Waals surface area contributed by atoms with Crippen molar-refractivity contribution in [2.45, 2.75) is 13.5 Å². The molecule has 0 unspecified atom stereocenters. The lowest BCUT2D eigenvalue weighted by Crippen LogP contribution is -2.36. The van der Waals surface area contributed by atoms with E-state index in [2.05, 4.69) is 15.2 Å². The minimum Gasteiger partial charge on any atom is -0.380 e. The van der Waals surface area contributed by atoms with Crippen LogP contribution >= 0.6 is 0 Å². The van der Waals surface area contributed by atoms with E-state index in [-0.39, 0.29) is 5.82 Å². The summed E-state index contributed by atoms with van der Waals surface area (Å²) in [6.07, 6.45) is 1.84. The van der Waals surface area contributed by atoms with E-state index in [0.29, 0.717) is 6.54 Å². The molecule has 0 aliphatic carbocycles. The highest BCUT2D eigenvalue weighted by Gasteiger charge is 2.11. The first kappa shape index (κ1) is 14.8. The number of aryl methyl sites for hydroxylation is 1. The lowest BCUT2D eigenvalue weighted by molar-refractivity contribution is 0.122. The predicted molar refractivity (Wildman–Crippen MR) is 85.7 cm³/mol. The molecule has 1 aromatic carbocycles. The van der Waals surface area contributed by atoms with Crippen LogP contribution in [0.2, 0.25) is 0 Å². The maximum absolute atomic E-state index is 13.1. The quantitative estimate of drug-likeness (QED) is 0.942. The van der Waals surface area contributed by atoms with Crippen LogP contribution in [0.15, 0.2) is 36.5 Å². The number of anilines is 2. The molecule has 4 nitrogen and oxygen atoms in total. The molecule has 3 rings (SSSR count). The van der Waals surface area contributed by atoms with Gasteiger partial charge in [0.1, 0.15) is 11.6 Å². The first-order valence-corrected chi connectivity index (χ1v) is 7.50. The number of morpholine rings is 1. The molecule has 0 atom stereocenters. The summed E-state index contributed by atoms with van der Waals surface area (Å²) in [5.41, 5.74) is 2.99. The number of aromatic nitrogens is 1. The maximum Gasteiger partial charge on any atom is 0.128 e. The average Bonchev–Trinajstić information content (AvgIpc) is 2.55. The fraction of sp³-hybridized carbons (Fsp3) is 0.353. The molecule has 1 saturated heterocycles. The van der Waals surface area contributed by atoms with E-state index in [0.717, 1.165) is 48.9 Å². The lowest BCUT2D eigenvalue weighted by Gasteiger charge is -2.27. The molecular formula is C17H20FN3O. The largest absolute Gasteiger partial charge is 0.380 e. The second-order valence-corrected chi connectivity index (χ2v) is 5.43. The molecular weight excluding hydrogens is 281 g/mol. The van der Waals surface area contributed by atoms with Gasteiger partial charge in [-0.25, -0.2) is 9.37 Å². The Hall–Kier alpha value is -2.14. The summed E-state index contributed by atoms with van der Waals surface area (Å²) in [6, 6.07) is 8.90. The molecule has 5 heteroatoms. The van der Waals surface area contributed by atoms with E-state index in [1.54, 1.807) is 6.07 Å². The SMILES string of the molecule is Cc1cc(F)ccc1CNc1ccc(N2CCOCC2)nc1. The average molecular weight is 301 g/mol. The molecule has 0 amide bonds. The van der Waals surface area contributed by atoms with E-state index >= 15 is 0 Å². The number of nitrogens with one attached hydrogen (secondary N) is 1. The predicted octanol–water partition coefficient (Wildman–Crippen LogP) is 2.98. The molecule has 1 aliphatic rings. The molecule has 22 heavy (non-hydrogen) atoms. The molecule has 2 heterocycles. The maximum atomic E-state index is 13.1. The molecule has 2 aromatic rings. The van der Waals surface area contributed by atoms with Crippen molar-refractivity contribution in [1.82, 2.24) is 4.98 Å². The van der Waals surface area contributed by atoms with Crippen LogP contribution in [-0.2, 0) is 11.3 Å². The molecule has 1 aliphatic heterocycles. The van der Waals surface area contributed by atoms with Gasteiger partial charge in [0, 0.05) is 19.6 Å². The van der Waals surface area contributed by atoms with Crippen LogP contribution in [0, 0.1) is 12.7 Å². The van der Waals surface area contributed by atoms with E-state index in [4.69, 9.17) is 4.74 Å². The summed E-state index contributed by atoms with van der Waals surface area (Å²) in [5.74, 6) is 0.782. The van der Waals surface area contributed by atoms with Crippen LogP contribution in [0.1, 0.15) is 11.1 Å². The third-order valence-electron chi connectivity index (χ3n) is 3.87. The third-order valence-corrected chi connectivity index (χ3v) is 3.87. The number of hydrogen-bond donors (Lipinski definition) is 1. The van der Waals surface area contributed by atoms with Crippen LogP contribution in [0.25, 0.3) is 0 Å². The van der Waals surface area contributed by atoms with Gasteiger partial charge in [0.2, 0.25) is 0 Å². The van der Waals surface area contributed by atoms with E-state index in [1.807, 2.05) is 31.3 Å². The molecule has 1 fully saturated rings. The molecule has 0 radical (unpaired) electrons. The highest BCUT2D eigenvalue weighted by molar-refractivity contribution is 5.49. The topological polar surface area (TPSA) is 37.4 Å². The second-order valence-electron chi connectivity index (χ2n) is 5.43. The van der Waals surface area contributed by atoms with Gasteiger partial charge in [-0.1, -0.05) is 6.07 Å². The monoisotopic (exact) mass is 301 g/mol.